The van der Waals surface area contributed by atoms with Crippen LogP contribution in [0.5, 0.6) is 11.5 Å². The van der Waals surface area contributed by atoms with Gasteiger partial charge in [0, 0.05) is 24.5 Å². The number of aliphatic carboxylic acids is 1. The molecule has 0 saturated heterocycles. The zero-order valence-corrected chi connectivity index (χ0v) is 16.2. The minimum atomic E-state index is -1.04. The number of benzene rings is 2. The summed E-state index contributed by atoms with van der Waals surface area (Å²) >= 11 is 0. The third-order valence-corrected chi connectivity index (χ3v) is 4.43. The lowest BCUT2D eigenvalue weighted by Gasteiger charge is -2.20. The summed E-state index contributed by atoms with van der Waals surface area (Å²) in [6.45, 7) is 0. The number of methoxy groups -OCH3 is 2. The molecule has 2 N–H and O–H groups in total. The number of carboxylic acids is 1. The van der Waals surface area contributed by atoms with Gasteiger partial charge < -0.3 is 24.3 Å². The molecular formula is C21H22N2O6. The van der Waals surface area contributed by atoms with E-state index in [0.717, 1.165) is 5.52 Å². The number of carbonyl (C=O) groups is 2. The number of rotatable bonds is 9. The number of aromatic nitrogens is 1. The molecule has 0 bridgehead atoms. The van der Waals surface area contributed by atoms with Crippen molar-refractivity contribution >= 4 is 23.0 Å². The van der Waals surface area contributed by atoms with E-state index in [2.05, 4.69) is 10.3 Å². The first-order valence-corrected chi connectivity index (χ1v) is 9.07. The van der Waals surface area contributed by atoms with Crippen LogP contribution >= 0.6 is 0 Å². The Hall–Kier alpha value is -3.55. The van der Waals surface area contributed by atoms with Gasteiger partial charge in [-0.05, 0) is 24.3 Å². The average molecular weight is 398 g/mol. The Morgan fingerprint density at radius 1 is 1.17 bits per heavy atom. The fourth-order valence-electron chi connectivity index (χ4n) is 3.03. The highest BCUT2D eigenvalue weighted by molar-refractivity contribution is 5.78. The fourth-order valence-corrected chi connectivity index (χ4v) is 3.03. The molecule has 0 aliphatic heterocycles. The van der Waals surface area contributed by atoms with Crippen LogP contribution in [0.1, 0.15) is 30.3 Å². The van der Waals surface area contributed by atoms with Gasteiger partial charge in [0.2, 0.25) is 5.91 Å². The third-order valence-electron chi connectivity index (χ3n) is 4.43. The number of nitrogens with zero attached hydrogens (tertiary/aromatic N) is 1. The number of nitrogens with one attached hydrogen (secondary N) is 1. The maximum atomic E-state index is 12.5. The van der Waals surface area contributed by atoms with E-state index in [1.165, 1.54) is 14.2 Å². The molecule has 0 fully saturated rings. The van der Waals surface area contributed by atoms with Gasteiger partial charge in [-0.3, -0.25) is 9.59 Å². The van der Waals surface area contributed by atoms with Crippen LogP contribution in [0.4, 0.5) is 0 Å². The number of fused-ring (bicyclic) bond motifs is 1. The Labute approximate surface area is 167 Å². The van der Waals surface area contributed by atoms with E-state index in [9.17, 15) is 14.7 Å². The molecule has 1 unspecified atom stereocenters. The summed E-state index contributed by atoms with van der Waals surface area (Å²) in [7, 11) is 3.00. The van der Waals surface area contributed by atoms with Crippen molar-refractivity contribution in [2.45, 2.75) is 25.3 Å². The molecule has 0 radical (unpaired) electrons. The molecule has 1 atom stereocenters. The van der Waals surface area contributed by atoms with Gasteiger partial charge in [-0.1, -0.05) is 12.1 Å². The summed E-state index contributed by atoms with van der Waals surface area (Å²) in [5, 5.41) is 12.0. The number of para-hydroxylation sites is 2. The maximum absolute atomic E-state index is 12.5. The molecule has 152 valence electrons. The van der Waals surface area contributed by atoms with Crippen molar-refractivity contribution in [2.24, 2.45) is 0 Å². The summed E-state index contributed by atoms with van der Waals surface area (Å²) in [5.41, 5.74) is 1.95. The predicted molar refractivity (Wildman–Crippen MR) is 105 cm³/mol. The summed E-state index contributed by atoms with van der Waals surface area (Å²) in [6, 6.07) is 11.6. The minimum Gasteiger partial charge on any atom is -0.497 e. The lowest BCUT2D eigenvalue weighted by Crippen LogP contribution is -2.30. The molecule has 1 heterocycles. The first kappa shape index (κ1) is 20.2. The molecule has 3 rings (SSSR count). The monoisotopic (exact) mass is 398 g/mol. The van der Waals surface area contributed by atoms with Crippen molar-refractivity contribution in [1.29, 1.82) is 0 Å². The van der Waals surface area contributed by atoms with E-state index in [0.29, 0.717) is 35.0 Å². The third kappa shape index (κ3) is 5.04. The van der Waals surface area contributed by atoms with Crippen LogP contribution in [0.3, 0.4) is 0 Å². The van der Waals surface area contributed by atoms with E-state index in [4.69, 9.17) is 13.9 Å². The zero-order chi connectivity index (χ0) is 20.8. The molecular weight excluding hydrogens is 376 g/mol. The van der Waals surface area contributed by atoms with Crippen molar-refractivity contribution < 1.29 is 28.6 Å². The lowest BCUT2D eigenvalue weighted by atomic mass is 10.0. The number of carboxylic acid groups (broad SMARTS) is 1. The fraction of sp³-hybridized carbons (Fsp3) is 0.286. The van der Waals surface area contributed by atoms with Gasteiger partial charge in [-0.25, -0.2) is 4.98 Å². The SMILES string of the molecule is COc1ccc(C(CC(=O)O)NC(=O)CCc2nc3ccccc3o2)c(OC)c1. The highest BCUT2D eigenvalue weighted by atomic mass is 16.5. The quantitative estimate of drug-likeness (QED) is 0.570. The molecule has 8 nitrogen and oxygen atoms in total. The van der Waals surface area contributed by atoms with Gasteiger partial charge >= 0.3 is 5.97 Å². The molecule has 0 aliphatic carbocycles. The topological polar surface area (TPSA) is 111 Å². The highest BCUT2D eigenvalue weighted by Gasteiger charge is 2.22. The smallest absolute Gasteiger partial charge is 0.305 e. The van der Waals surface area contributed by atoms with E-state index in [-0.39, 0.29) is 18.7 Å². The van der Waals surface area contributed by atoms with Gasteiger partial charge in [0.25, 0.3) is 0 Å². The first-order valence-electron chi connectivity index (χ1n) is 9.07. The van der Waals surface area contributed by atoms with E-state index in [1.54, 1.807) is 18.2 Å². The zero-order valence-electron chi connectivity index (χ0n) is 16.2. The van der Waals surface area contributed by atoms with Gasteiger partial charge in [0.05, 0.1) is 26.7 Å². The average Bonchev–Trinajstić information content (AvgIpc) is 3.14. The molecule has 1 amide bonds. The largest absolute Gasteiger partial charge is 0.497 e. The number of ether oxygens (including phenoxy) is 2. The van der Waals surface area contributed by atoms with E-state index in [1.807, 2.05) is 24.3 Å². The van der Waals surface area contributed by atoms with Crippen molar-refractivity contribution in [2.75, 3.05) is 14.2 Å². The Morgan fingerprint density at radius 2 is 1.97 bits per heavy atom. The lowest BCUT2D eigenvalue weighted by molar-refractivity contribution is -0.137. The predicted octanol–water partition coefficient (Wildman–Crippen LogP) is 3.11. The Bertz CT molecular complexity index is 980. The number of aryl methyl sites for hydroxylation is 1. The second-order valence-electron chi connectivity index (χ2n) is 6.40. The normalized spacial score (nSPS) is 11.8. The highest BCUT2D eigenvalue weighted by Crippen LogP contribution is 2.31. The second kappa shape index (κ2) is 9.09. The van der Waals surface area contributed by atoms with Gasteiger partial charge in [0.1, 0.15) is 17.0 Å². The molecule has 2 aromatic carbocycles. The van der Waals surface area contributed by atoms with Crippen molar-refractivity contribution in [3.05, 3.63) is 53.9 Å². The molecule has 8 heteroatoms. The van der Waals surface area contributed by atoms with Crippen LogP contribution in [-0.2, 0) is 16.0 Å². The van der Waals surface area contributed by atoms with Crippen molar-refractivity contribution in [3.8, 4) is 11.5 Å². The Kier molecular flexibility index (Phi) is 6.33. The number of carbonyl (C=O) groups excluding carboxylic acids is 1. The number of amides is 1. The molecule has 3 aromatic rings. The Morgan fingerprint density at radius 3 is 2.66 bits per heavy atom. The molecule has 0 saturated carbocycles. The van der Waals surface area contributed by atoms with Gasteiger partial charge in [-0.15, -0.1) is 0 Å². The summed E-state index contributed by atoms with van der Waals surface area (Å²) in [4.78, 5) is 28.1. The molecule has 0 spiro atoms. The summed E-state index contributed by atoms with van der Waals surface area (Å²) < 4.78 is 16.1. The number of hydrogen-bond acceptors (Lipinski definition) is 6. The first-order chi connectivity index (χ1) is 14.0. The standard InChI is InChI=1S/C21H22N2O6/c1-27-13-7-8-14(18(11-13)28-2)16(12-21(25)26)22-19(24)9-10-20-23-15-5-3-4-6-17(15)29-20/h3-8,11,16H,9-10,12H2,1-2H3,(H,22,24)(H,25,26). The van der Waals surface area contributed by atoms with Crippen LogP contribution in [-0.4, -0.2) is 36.2 Å². The number of hydrogen-bond donors (Lipinski definition) is 2. The summed E-state index contributed by atoms with van der Waals surface area (Å²) in [5.74, 6) is 0.124. The van der Waals surface area contributed by atoms with Gasteiger partial charge in [-0.2, -0.15) is 0 Å². The van der Waals surface area contributed by atoms with Crippen LogP contribution in [0.15, 0.2) is 46.9 Å². The Balaban J connectivity index is 1.71. The van der Waals surface area contributed by atoms with E-state index >= 15 is 0 Å². The molecule has 29 heavy (non-hydrogen) atoms. The minimum absolute atomic E-state index is 0.113. The van der Waals surface area contributed by atoms with Crippen molar-refractivity contribution in [1.82, 2.24) is 10.3 Å². The van der Waals surface area contributed by atoms with E-state index < -0.39 is 12.0 Å². The van der Waals surface area contributed by atoms with Crippen LogP contribution in [0.25, 0.3) is 11.1 Å². The second-order valence-corrected chi connectivity index (χ2v) is 6.40. The maximum Gasteiger partial charge on any atom is 0.305 e. The van der Waals surface area contributed by atoms with Crippen LogP contribution < -0.4 is 14.8 Å². The summed E-state index contributed by atoms with van der Waals surface area (Å²) in [6.07, 6.45) is 0.138. The number of oxazole rings is 1. The molecule has 0 aliphatic rings. The van der Waals surface area contributed by atoms with Crippen LogP contribution in [0.2, 0.25) is 0 Å². The molecule has 1 aromatic heterocycles. The van der Waals surface area contributed by atoms with Crippen molar-refractivity contribution in [3.63, 3.8) is 0 Å². The van der Waals surface area contributed by atoms with Gasteiger partial charge in [0.15, 0.2) is 11.5 Å². The van der Waals surface area contributed by atoms with Crippen LogP contribution in [0, 0.1) is 0 Å².